The van der Waals surface area contributed by atoms with Gasteiger partial charge in [0.05, 0.1) is 6.61 Å². The third-order valence-electron chi connectivity index (χ3n) is 3.73. The number of nitrogens with one attached hydrogen (secondary N) is 1. The number of rotatable bonds is 7. The second-order valence-electron chi connectivity index (χ2n) is 5.91. The van der Waals surface area contributed by atoms with Gasteiger partial charge >= 0.3 is 0 Å². The van der Waals surface area contributed by atoms with Crippen LogP contribution in [0.4, 0.5) is 5.69 Å². The van der Waals surface area contributed by atoms with Gasteiger partial charge in [-0.3, -0.25) is 4.79 Å². The van der Waals surface area contributed by atoms with E-state index in [0.29, 0.717) is 11.6 Å². The molecule has 1 aromatic heterocycles. The molecule has 0 atom stereocenters. The number of carbonyl (C=O) groups is 1. The van der Waals surface area contributed by atoms with Crippen molar-refractivity contribution < 1.29 is 9.53 Å². The molecular weight excluding hydrogens is 378 g/mol. The highest BCUT2D eigenvalue weighted by Gasteiger charge is 2.03. The molecular formula is C22H20ClNO2S. The summed E-state index contributed by atoms with van der Waals surface area (Å²) in [6.45, 7) is 2.75. The molecule has 0 aliphatic heterocycles. The van der Waals surface area contributed by atoms with Gasteiger partial charge in [-0.25, -0.2) is 0 Å². The van der Waals surface area contributed by atoms with E-state index in [9.17, 15) is 4.79 Å². The molecule has 3 nitrogen and oxygen atoms in total. The molecule has 0 saturated carbocycles. The van der Waals surface area contributed by atoms with Gasteiger partial charge < -0.3 is 10.1 Å². The van der Waals surface area contributed by atoms with Gasteiger partial charge in [0.2, 0.25) is 5.91 Å². The molecule has 0 bridgehead atoms. The fourth-order valence-electron chi connectivity index (χ4n) is 2.44. The second kappa shape index (κ2) is 9.40. The van der Waals surface area contributed by atoms with Crippen LogP contribution in [0.3, 0.4) is 0 Å². The maximum atomic E-state index is 12.1. The third-order valence-corrected chi connectivity index (χ3v) is 5.06. The quantitative estimate of drug-likeness (QED) is 0.461. The summed E-state index contributed by atoms with van der Waals surface area (Å²) in [6.07, 6.45) is 4.31. The number of benzene rings is 2. The summed E-state index contributed by atoms with van der Waals surface area (Å²) in [7, 11) is 0. The lowest BCUT2D eigenvalue weighted by Gasteiger charge is -2.06. The summed E-state index contributed by atoms with van der Waals surface area (Å²) in [5, 5.41) is 3.56. The average Bonchev–Trinajstić information content (AvgIpc) is 3.15. The summed E-state index contributed by atoms with van der Waals surface area (Å²) in [5.41, 5.74) is 1.81. The van der Waals surface area contributed by atoms with Gasteiger partial charge in [-0.1, -0.05) is 30.7 Å². The highest BCUT2D eigenvalue weighted by molar-refractivity contribution is 7.16. The predicted octanol–water partition coefficient (Wildman–Crippen LogP) is 6.51. The zero-order valence-corrected chi connectivity index (χ0v) is 16.5. The summed E-state index contributed by atoms with van der Waals surface area (Å²) in [5.74, 6) is 0.632. The van der Waals surface area contributed by atoms with Crippen molar-refractivity contribution in [2.75, 3.05) is 11.9 Å². The predicted molar refractivity (Wildman–Crippen MR) is 115 cm³/mol. The first-order valence-electron chi connectivity index (χ1n) is 8.72. The maximum absolute atomic E-state index is 12.1. The van der Waals surface area contributed by atoms with E-state index in [1.54, 1.807) is 11.3 Å². The number of halogens is 1. The zero-order valence-electron chi connectivity index (χ0n) is 14.9. The summed E-state index contributed by atoms with van der Waals surface area (Å²) in [4.78, 5) is 14.2. The Morgan fingerprint density at radius 3 is 2.70 bits per heavy atom. The number of ether oxygens (including phenoxy) is 1. The molecule has 3 aromatic rings. The number of anilines is 1. The molecule has 0 spiro atoms. The fourth-order valence-corrected chi connectivity index (χ4v) is 3.53. The van der Waals surface area contributed by atoms with Crippen molar-refractivity contribution in [1.82, 2.24) is 0 Å². The number of carbonyl (C=O) groups excluding carboxylic acids is 1. The van der Waals surface area contributed by atoms with Gasteiger partial charge in [0.1, 0.15) is 5.75 Å². The summed E-state index contributed by atoms with van der Waals surface area (Å²) >= 11 is 7.66. The van der Waals surface area contributed by atoms with E-state index in [1.807, 2.05) is 66.7 Å². The van der Waals surface area contributed by atoms with E-state index in [-0.39, 0.29) is 5.91 Å². The smallest absolute Gasteiger partial charge is 0.248 e. The molecule has 1 heterocycles. The molecule has 0 aliphatic carbocycles. The van der Waals surface area contributed by atoms with Crippen LogP contribution in [-0.4, -0.2) is 12.5 Å². The molecule has 0 fully saturated rings. The SMILES string of the molecule is CCCOc1ccc(NC(=O)/C=C/c2ccc(-c3cccc(Cl)c3)s2)cc1. The van der Waals surface area contributed by atoms with Crippen LogP contribution in [0, 0.1) is 0 Å². The van der Waals surface area contributed by atoms with E-state index in [0.717, 1.165) is 33.2 Å². The van der Waals surface area contributed by atoms with Crippen molar-refractivity contribution in [2.24, 2.45) is 0 Å². The summed E-state index contributed by atoms with van der Waals surface area (Å²) < 4.78 is 5.53. The lowest BCUT2D eigenvalue weighted by molar-refractivity contribution is -0.111. The number of amides is 1. The highest BCUT2D eigenvalue weighted by Crippen LogP contribution is 2.30. The molecule has 0 aliphatic rings. The van der Waals surface area contributed by atoms with E-state index in [2.05, 4.69) is 12.2 Å². The molecule has 2 aromatic carbocycles. The Hall–Kier alpha value is -2.56. The van der Waals surface area contributed by atoms with E-state index in [4.69, 9.17) is 16.3 Å². The Morgan fingerprint density at radius 2 is 1.96 bits per heavy atom. The van der Waals surface area contributed by atoms with Crippen LogP contribution in [0.25, 0.3) is 16.5 Å². The normalized spacial score (nSPS) is 10.9. The first kappa shape index (κ1) is 19.2. The lowest BCUT2D eigenvalue weighted by atomic mass is 10.2. The first-order valence-corrected chi connectivity index (χ1v) is 9.91. The monoisotopic (exact) mass is 397 g/mol. The van der Waals surface area contributed by atoms with E-state index in [1.165, 1.54) is 6.08 Å². The van der Waals surface area contributed by atoms with Crippen molar-refractivity contribution in [3.05, 3.63) is 76.6 Å². The van der Waals surface area contributed by atoms with Crippen molar-refractivity contribution >= 4 is 40.6 Å². The summed E-state index contributed by atoms with van der Waals surface area (Å²) in [6, 6.07) is 19.1. The van der Waals surface area contributed by atoms with Crippen LogP contribution in [0.5, 0.6) is 5.75 Å². The largest absolute Gasteiger partial charge is 0.494 e. The van der Waals surface area contributed by atoms with E-state index >= 15 is 0 Å². The van der Waals surface area contributed by atoms with Gasteiger partial charge in [0.15, 0.2) is 0 Å². The van der Waals surface area contributed by atoms with Crippen molar-refractivity contribution in [3.8, 4) is 16.2 Å². The van der Waals surface area contributed by atoms with Gasteiger partial charge in [-0.2, -0.15) is 0 Å². The van der Waals surface area contributed by atoms with Crippen LogP contribution < -0.4 is 10.1 Å². The van der Waals surface area contributed by atoms with Crippen LogP contribution >= 0.6 is 22.9 Å². The molecule has 0 saturated heterocycles. The van der Waals surface area contributed by atoms with Crippen molar-refractivity contribution in [3.63, 3.8) is 0 Å². The third kappa shape index (κ3) is 5.71. The molecule has 3 rings (SSSR count). The lowest BCUT2D eigenvalue weighted by Crippen LogP contribution is -2.07. The maximum Gasteiger partial charge on any atom is 0.248 e. The molecule has 138 valence electrons. The Kier molecular flexibility index (Phi) is 6.69. The van der Waals surface area contributed by atoms with Crippen molar-refractivity contribution in [1.29, 1.82) is 0 Å². The molecule has 1 amide bonds. The number of hydrogen-bond acceptors (Lipinski definition) is 3. The molecule has 5 heteroatoms. The standard InChI is InChI=1S/C22H20ClNO2S/c1-2-14-26-19-8-6-18(7-9-19)24-22(25)13-11-20-10-12-21(27-20)16-4-3-5-17(23)15-16/h3-13,15H,2,14H2,1H3,(H,24,25)/b13-11+. The Bertz CT molecular complexity index is 931. The first-order chi connectivity index (χ1) is 13.1. The number of hydrogen-bond donors (Lipinski definition) is 1. The van der Waals surface area contributed by atoms with Crippen LogP contribution in [0.15, 0.2) is 66.7 Å². The molecule has 0 radical (unpaired) electrons. The Labute approximate surface area is 168 Å². The minimum absolute atomic E-state index is 0.171. The highest BCUT2D eigenvalue weighted by atomic mass is 35.5. The molecule has 0 unspecified atom stereocenters. The topological polar surface area (TPSA) is 38.3 Å². The fraction of sp³-hybridized carbons (Fsp3) is 0.136. The van der Waals surface area contributed by atoms with Crippen LogP contribution in [-0.2, 0) is 4.79 Å². The average molecular weight is 398 g/mol. The van der Waals surface area contributed by atoms with Crippen molar-refractivity contribution in [2.45, 2.75) is 13.3 Å². The van der Waals surface area contributed by atoms with Gasteiger partial charge in [0.25, 0.3) is 0 Å². The Balaban J connectivity index is 1.58. The van der Waals surface area contributed by atoms with E-state index < -0.39 is 0 Å². The Morgan fingerprint density at radius 1 is 1.15 bits per heavy atom. The van der Waals surface area contributed by atoms with Crippen LogP contribution in [0.2, 0.25) is 5.02 Å². The minimum atomic E-state index is -0.171. The zero-order chi connectivity index (χ0) is 19.1. The number of thiophene rings is 1. The van der Waals surface area contributed by atoms with Gasteiger partial charge in [-0.05, 0) is 66.6 Å². The van der Waals surface area contributed by atoms with Gasteiger partial charge in [-0.15, -0.1) is 11.3 Å². The minimum Gasteiger partial charge on any atom is -0.494 e. The van der Waals surface area contributed by atoms with Gasteiger partial charge in [0, 0.05) is 26.5 Å². The molecule has 1 N–H and O–H groups in total. The van der Waals surface area contributed by atoms with Crippen LogP contribution in [0.1, 0.15) is 18.2 Å². The second-order valence-corrected chi connectivity index (χ2v) is 7.46. The molecule has 27 heavy (non-hydrogen) atoms.